The highest BCUT2D eigenvalue weighted by atomic mass is 32.2. The molecule has 2 aromatic heterocycles. The Labute approximate surface area is 168 Å². The number of rotatable bonds is 7. The third-order valence-electron chi connectivity index (χ3n) is 4.82. The van der Waals surface area contributed by atoms with Gasteiger partial charge in [0, 0.05) is 24.8 Å². The lowest BCUT2D eigenvalue weighted by Gasteiger charge is -2.09. The summed E-state index contributed by atoms with van der Waals surface area (Å²) in [5.41, 5.74) is 3.43. The molecule has 142 valence electrons. The zero-order chi connectivity index (χ0) is 19.3. The highest BCUT2D eigenvalue weighted by Crippen LogP contribution is 2.29. The number of hydrogen-bond acceptors (Lipinski definition) is 4. The van der Waals surface area contributed by atoms with Crippen LogP contribution in [0.25, 0.3) is 16.4 Å². The lowest BCUT2D eigenvalue weighted by atomic mass is 10.0. The number of carbonyl (C=O) groups is 1. The van der Waals surface area contributed by atoms with Crippen LogP contribution in [0.3, 0.4) is 0 Å². The number of esters is 1. The van der Waals surface area contributed by atoms with Crippen molar-refractivity contribution in [2.24, 2.45) is 0 Å². The van der Waals surface area contributed by atoms with Gasteiger partial charge >= 0.3 is 5.97 Å². The molecule has 0 aliphatic rings. The third kappa shape index (κ3) is 3.90. The van der Waals surface area contributed by atoms with Crippen LogP contribution in [0.1, 0.15) is 24.1 Å². The van der Waals surface area contributed by atoms with Gasteiger partial charge in [0.2, 0.25) is 0 Å². The van der Waals surface area contributed by atoms with Gasteiger partial charge in [-0.15, -0.1) is 11.8 Å². The minimum absolute atomic E-state index is 0.161. The van der Waals surface area contributed by atoms with Crippen LogP contribution in [-0.4, -0.2) is 28.2 Å². The quantitative estimate of drug-likeness (QED) is 0.249. The second kappa shape index (κ2) is 8.48. The fourth-order valence-corrected chi connectivity index (χ4v) is 4.39. The monoisotopic (exact) mass is 390 g/mol. The number of carbonyl (C=O) groups excluding carboxylic acids is 1. The smallest absolute Gasteiger partial charge is 0.305 e. The van der Waals surface area contributed by atoms with E-state index in [1.165, 1.54) is 29.1 Å². The van der Waals surface area contributed by atoms with Gasteiger partial charge in [-0.2, -0.15) is 0 Å². The Morgan fingerprint density at radius 1 is 1.07 bits per heavy atom. The van der Waals surface area contributed by atoms with Crippen molar-refractivity contribution in [1.29, 1.82) is 0 Å². The zero-order valence-corrected chi connectivity index (χ0v) is 16.6. The van der Waals surface area contributed by atoms with Crippen molar-refractivity contribution in [1.82, 2.24) is 9.38 Å². The number of fused-ring (bicyclic) bond motifs is 2. The van der Waals surface area contributed by atoms with Crippen molar-refractivity contribution in [3.8, 4) is 0 Å². The van der Waals surface area contributed by atoms with Gasteiger partial charge in [0.1, 0.15) is 10.7 Å². The van der Waals surface area contributed by atoms with Crippen LogP contribution >= 0.6 is 11.8 Å². The van der Waals surface area contributed by atoms with Gasteiger partial charge in [-0.25, -0.2) is 4.98 Å². The number of hydrogen-bond donors (Lipinski definition) is 0. The van der Waals surface area contributed by atoms with Gasteiger partial charge in [-0.3, -0.25) is 4.79 Å². The number of benzene rings is 2. The van der Waals surface area contributed by atoms with E-state index in [2.05, 4.69) is 53.1 Å². The first kappa shape index (κ1) is 18.6. The molecule has 0 atom stereocenters. The number of aromatic nitrogens is 2. The number of methoxy groups -OCH3 is 1. The lowest BCUT2D eigenvalue weighted by Crippen LogP contribution is -2.00. The van der Waals surface area contributed by atoms with Crippen LogP contribution in [0.15, 0.2) is 71.9 Å². The Balaban J connectivity index is 1.64. The predicted octanol–water partition coefficient (Wildman–Crippen LogP) is 5.12. The van der Waals surface area contributed by atoms with Crippen molar-refractivity contribution in [3.63, 3.8) is 0 Å². The zero-order valence-electron chi connectivity index (χ0n) is 15.8. The molecule has 0 spiro atoms. The van der Waals surface area contributed by atoms with Crippen molar-refractivity contribution >= 4 is 34.2 Å². The van der Waals surface area contributed by atoms with Crippen molar-refractivity contribution in [2.75, 3.05) is 12.9 Å². The van der Waals surface area contributed by atoms with Gasteiger partial charge in [0.15, 0.2) is 0 Å². The average molecular weight is 391 g/mol. The molecule has 0 saturated heterocycles. The Kier molecular flexibility index (Phi) is 5.63. The second-order valence-corrected chi connectivity index (χ2v) is 7.72. The Morgan fingerprint density at radius 3 is 2.79 bits per heavy atom. The summed E-state index contributed by atoms with van der Waals surface area (Å²) in [4.78, 5) is 16.2. The van der Waals surface area contributed by atoms with Crippen LogP contribution in [0.5, 0.6) is 0 Å². The first-order valence-electron chi connectivity index (χ1n) is 9.38. The molecule has 0 fully saturated rings. The molecule has 0 aliphatic heterocycles. The van der Waals surface area contributed by atoms with Crippen molar-refractivity contribution in [2.45, 2.75) is 24.3 Å². The molecule has 0 N–H and O–H groups in total. The number of imidazole rings is 1. The molecule has 0 amide bonds. The van der Waals surface area contributed by atoms with E-state index in [1.54, 1.807) is 11.8 Å². The molecule has 0 aliphatic carbocycles. The highest BCUT2D eigenvalue weighted by molar-refractivity contribution is 7.99. The van der Waals surface area contributed by atoms with Crippen LogP contribution in [0, 0.1) is 0 Å². The first-order valence-corrected chi connectivity index (χ1v) is 10.4. The molecule has 4 rings (SSSR count). The maximum absolute atomic E-state index is 11.3. The standard InChI is InChI=1S/C23H22N2O2S/c1-27-22(26)13-7-15-28-23-20(25-14-5-4-12-21(25)24-23)16-18-10-6-9-17-8-2-3-11-19(17)18/h2-6,8-12,14H,7,13,15-16H2,1H3. The van der Waals surface area contributed by atoms with E-state index in [9.17, 15) is 4.79 Å². The molecule has 0 bridgehead atoms. The molecule has 5 heteroatoms. The van der Waals surface area contributed by atoms with E-state index < -0.39 is 0 Å². The molecular formula is C23H22N2O2S. The van der Waals surface area contributed by atoms with Gasteiger partial charge in [-0.05, 0) is 34.9 Å². The van der Waals surface area contributed by atoms with E-state index in [-0.39, 0.29) is 5.97 Å². The van der Waals surface area contributed by atoms with Crippen molar-refractivity contribution < 1.29 is 9.53 Å². The topological polar surface area (TPSA) is 43.6 Å². The Morgan fingerprint density at radius 2 is 1.89 bits per heavy atom. The van der Waals surface area contributed by atoms with Crippen molar-refractivity contribution in [3.05, 3.63) is 78.1 Å². The van der Waals surface area contributed by atoms with Gasteiger partial charge in [0.05, 0.1) is 12.8 Å². The summed E-state index contributed by atoms with van der Waals surface area (Å²) in [6, 6.07) is 21.0. The number of nitrogens with zero attached hydrogens (tertiary/aromatic N) is 2. The summed E-state index contributed by atoms with van der Waals surface area (Å²) >= 11 is 1.71. The molecule has 0 unspecified atom stereocenters. The third-order valence-corrected chi connectivity index (χ3v) is 5.91. The van der Waals surface area contributed by atoms with E-state index in [4.69, 9.17) is 9.72 Å². The molecule has 0 saturated carbocycles. The summed E-state index contributed by atoms with van der Waals surface area (Å²) in [5, 5.41) is 3.56. The maximum atomic E-state index is 11.3. The van der Waals surface area contributed by atoms with E-state index >= 15 is 0 Å². The second-order valence-electron chi connectivity index (χ2n) is 6.64. The van der Waals surface area contributed by atoms with Crippen LogP contribution in [-0.2, 0) is 16.0 Å². The summed E-state index contributed by atoms with van der Waals surface area (Å²) in [6.07, 6.45) is 4.10. The molecule has 28 heavy (non-hydrogen) atoms. The number of ether oxygens (including phenoxy) is 1. The van der Waals surface area contributed by atoms with E-state index in [1.807, 2.05) is 18.2 Å². The molecule has 0 radical (unpaired) electrons. The van der Waals surface area contributed by atoms with Crippen LogP contribution < -0.4 is 0 Å². The molecule has 4 nitrogen and oxygen atoms in total. The molecule has 2 heterocycles. The largest absolute Gasteiger partial charge is 0.469 e. The van der Waals surface area contributed by atoms with Gasteiger partial charge in [-0.1, -0.05) is 48.5 Å². The summed E-state index contributed by atoms with van der Waals surface area (Å²) in [7, 11) is 1.43. The Hall–Kier alpha value is -2.79. The van der Waals surface area contributed by atoms with Crippen LogP contribution in [0.4, 0.5) is 0 Å². The molecular weight excluding hydrogens is 368 g/mol. The summed E-state index contributed by atoms with van der Waals surface area (Å²) < 4.78 is 6.90. The summed E-state index contributed by atoms with van der Waals surface area (Å²) in [5.74, 6) is 0.674. The fourth-order valence-electron chi connectivity index (χ4n) is 3.42. The van der Waals surface area contributed by atoms with Crippen LogP contribution in [0.2, 0.25) is 0 Å². The minimum Gasteiger partial charge on any atom is -0.469 e. The fraction of sp³-hybridized carbons (Fsp3) is 0.217. The molecule has 4 aromatic rings. The van der Waals surface area contributed by atoms with Gasteiger partial charge < -0.3 is 9.14 Å². The average Bonchev–Trinajstić information content (AvgIpc) is 3.08. The summed E-state index contributed by atoms with van der Waals surface area (Å²) in [6.45, 7) is 0. The minimum atomic E-state index is -0.161. The number of thioether (sulfide) groups is 1. The normalized spacial score (nSPS) is 11.2. The van der Waals surface area contributed by atoms with E-state index in [0.717, 1.165) is 29.3 Å². The Bertz CT molecular complexity index is 1110. The molecule has 2 aromatic carbocycles. The van der Waals surface area contributed by atoms with E-state index in [0.29, 0.717) is 6.42 Å². The highest BCUT2D eigenvalue weighted by Gasteiger charge is 2.14. The first-order chi connectivity index (χ1) is 13.8. The maximum Gasteiger partial charge on any atom is 0.305 e. The lowest BCUT2D eigenvalue weighted by molar-refractivity contribution is -0.140. The number of pyridine rings is 1. The SMILES string of the molecule is COC(=O)CCCSc1nc2ccccn2c1Cc1cccc2ccccc12. The van der Waals surface area contributed by atoms with Gasteiger partial charge in [0.25, 0.3) is 0 Å². The predicted molar refractivity (Wildman–Crippen MR) is 114 cm³/mol.